The number of ether oxygens (including phenoxy) is 1. The highest BCUT2D eigenvalue weighted by Gasteiger charge is 2.22. The van der Waals surface area contributed by atoms with Gasteiger partial charge in [0.2, 0.25) is 5.91 Å². The summed E-state index contributed by atoms with van der Waals surface area (Å²) in [6, 6.07) is -1.14. The highest BCUT2D eigenvalue weighted by Crippen LogP contribution is 1.94. The predicted octanol–water partition coefficient (Wildman–Crippen LogP) is -0.509. The third-order valence-electron chi connectivity index (χ3n) is 1.72. The normalized spacial score (nSPS) is 14.3. The van der Waals surface area contributed by atoms with Crippen molar-refractivity contribution in [3.63, 3.8) is 0 Å². The maximum Gasteiger partial charge on any atom is 0.322 e. The van der Waals surface area contributed by atoms with E-state index in [9.17, 15) is 9.59 Å². The smallest absolute Gasteiger partial charge is 0.322 e. The minimum atomic E-state index is -0.587. The van der Waals surface area contributed by atoms with Gasteiger partial charge in [-0.05, 0) is 6.92 Å². The fraction of sp³-hybridized carbons (Fsp3) is 0.750. The molecule has 6 heteroatoms. The molecule has 0 radical (unpaired) electrons. The second kappa shape index (κ2) is 6.62. The lowest BCUT2D eigenvalue weighted by molar-refractivity contribution is -0.143. The van der Waals surface area contributed by atoms with Gasteiger partial charge in [0.1, 0.15) is 12.1 Å². The molecule has 5 nitrogen and oxygen atoms in total. The Kier molecular flexibility index (Phi) is 6.23. The van der Waals surface area contributed by atoms with Crippen molar-refractivity contribution < 1.29 is 14.3 Å². The van der Waals surface area contributed by atoms with Gasteiger partial charge in [0.25, 0.3) is 0 Å². The van der Waals surface area contributed by atoms with Gasteiger partial charge in [-0.3, -0.25) is 14.9 Å². The molecule has 2 atom stereocenters. The van der Waals surface area contributed by atoms with Crippen molar-refractivity contribution in [2.24, 2.45) is 0 Å². The van der Waals surface area contributed by atoms with Gasteiger partial charge in [0, 0.05) is 12.9 Å². The Morgan fingerprint density at radius 2 is 2.07 bits per heavy atom. The molecule has 0 aliphatic carbocycles. The number of hydrogen-bond donors (Lipinski definition) is 2. The Balaban J connectivity index is 4.17. The van der Waals surface area contributed by atoms with E-state index in [0.717, 1.165) is 0 Å². The van der Waals surface area contributed by atoms with Crippen LogP contribution in [0.25, 0.3) is 0 Å². The maximum atomic E-state index is 11.2. The number of amides is 1. The molecule has 0 rings (SSSR count). The molecular weight excluding hydrogens is 208 g/mol. The highest BCUT2D eigenvalue weighted by atomic mass is 35.5. The van der Waals surface area contributed by atoms with Crippen molar-refractivity contribution >= 4 is 23.5 Å². The van der Waals surface area contributed by atoms with Crippen molar-refractivity contribution in [1.82, 2.24) is 10.6 Å². The largest absolute Gasteiger partial charge is 0.468 e. The van der Waals surface area contributed by atoms with Crippen LogP contribution in [0, 0.1) is 0 Å². The summed E-state index contributed by atoms with van der Waals surface area (Å²) >= 11 is 5.56. The zero-order valence-corrected chi connectivity index (χ0v) is 9.22. The van der Waals surface area contributed by atoms with E-state index < -0.39 is 18.1 Å². The highest BCUT2D eigenvalue weighted by molar-refractivity contribution is 6.19. The molecule has 1 amide bonds. The molecule has 0 aromatic rings. The Morgan fingerprint density at radius 1 is 1.50 bits per heavy atom. The Bertz CT molecular complexity index is 211. The molecule has 2 N–H and O–H groups in total. The monoisotopic (exact) mass is 222 g/mol. The average molecular weight is 223 g/mol. The first-order valence-corrected chi connectivity index (χ1v) is 4.71. The number of hydrogen-bond acceptors (Lipinski definition) is 4. The quantitative estimate of drug-likeness (QED) is 0.486. The molecular formula is C8H15ClN2O3. The topological polar surface area (TPSA) is 67.4 Å². The first kappa shape index (κ1) is 13.2. The number of carbonyl (C=O) groups excluding carboxylic acids is 2. The zero-order valence-electron chi connectivity index (χ0n) is 8.46. The summed E-state index contributed by atoms with van der Waals surface area (Å²) in [5, 5.41) is 5.19. The minimum Gasteiger partial charge on any atom is -0.468 e. The fourth-order valence-corrected chi connectivity index (χ4v) is 1.14. The van der Waals surface area contributed by atoms with Crippen LogP contribution in [0.5, 0.6) is 0 Å². The third kappa shape index (κ3) is 3.93. The zero-order chi connectivity index (χ0) is 11.1. The summed E-state index contributed by atoms with van der Waals surface area (Å²) in [6.45, 7) is 1.61. The van der Waals surface area contributed by atoms with E-state index in [-0.39, 0.29) is 11.8 Å². The van der Waals surface area contributed by atoms with E-state index >= 15 is 0 Å². The van der Waals surface area contributed by atoms with Gasteiger partial charge in [-0.15, -0.1) is 11.6 Å². The lowest BCUT2D eigenvalue weighted by atomic mass is 10.2. The van der Waals surface area contributed by atoms with Gasteiger partial charge >= 0.3 is 5.97 Å². The molecule has 14 heavy (non-hydrogen) atoms. The van der Waals surface area contributed by atoms with Gasteiger partial charge in [0.15, 0.2) is 0 Å². The number of carbonyl (C=O) groups is 2. The summed E-state index contributed by atoms with van der Waals surface area (Å²) in [7, 11) is 2.79. The van der Waals surface area contributed by atoms with Gasteiger partial charge in [-0.1, -0.05) is 0 Å². The minimum absolute atomic E-state index is 0.0982. The summed E-state index contributed by atoms with van der Waals surface area (Å²) in [5.74, 6) is -0.583. The summed E-state index contributed by atoms with van der Waals surface area (Å²) in [4.78, 5) is 22.2. The van der Waals surface area contributed by atoms with Crippen LogP contribution >= 0.6 is 11.6 Å². The molecule has 0 aromatic carbocycles. The van der Waals surface area contributed by atoms with Crippen molar-refractivity contribution in [2.75, 3.05) is 20.0 Å². The molecule has 0 fully saturated rings. The SMILES string of the molecule is CNC(=O)C(CCl)N[C@@H](C)C(=O)OC. The molecule has 1 unspecified atom stereocenters. The van der Waals surface area contributed by atoms with Crippen LogP contribution in [-0.4, -0.2) is 44.0 Å². The molecule has 0 spiro atoms. The number of rotatable bonds is 5. The molecule has 0 saturated carbocycles. The van der Waals surface area contributed by atoms with Crippen LogP contribution in [0.1, 0.15) is 6.92 Å². The standard InChI is InChI=1S/C8H15ClN2O3/c1-5(8(13)14-3)11-6(4-9)7(12)10-2/h5-6,11H,4H2,1-3H3,(H,10,12)/t5-,6?/m0/s1. The van der Waals surface area contributed by atoms with Gasteiger partial charge in [-0.25, -0.2) is 0 Å². The van der Waals surface area contributed by atoms with E-state index in [4.69, 9.17) is 11.6 Å². The van der Waals surface area contributed by atoms with Crippen molar-refractivity contribution in [3.05, 3.63) is 0 Å². The first-order valence-electron chi connectivity index (χ1n) is 4.18. The van der Waals surface area contributed by atoms with Crippen molar-refractivity contribution in [3.8, 4) is 0 Å². The fourth-order valence-electron chi connectivity index (χ4n) is 0.911. The second-order valence-electron chi connectivity index (χ2n) is 2.73. The van der Waals surface area contributed by atoms with Crippen LogP contribution in [0.3, 0.4) is 0 Å². The maximum absolute atomic E-state index is 11.2. The molecule has 0 bridgehead atoms. The van der Waals surface area contributed by atoms with Crippen LogP contribution < -0.4 is 10.6 Å². The van der Waals surface area contributed by atoms with E-state index in [2.05, 4.69) is 15.4 Å². The Morgan fingerprint density at radius 3 is 2.43 bits per heavy atom. The number of halogens is 1. The summed E-state index contributed by atoms with van der Waals surface area (Å²) < 4.78 is 4.49. The molecule has 82 valence electrons. The number of nitrogens with one attached hydrogen (secondary N) is 2. The van der Waals surface area contributed by atoms with Gasteiger partial charge in [0.05, 0.1) is 7.11 Å². The van der Waals surface area contributed by atoms with Crippen molar-refractivity contribution in [1.29, 1.82) is 0 Å². The molecule has 0 heterocycles. The number of likely N-dealkylation sites (N-methyl/N-ethyl adjacent to an activating group) is 1. The number of methoxy groups -OCH3 is 1. The molecule has 0 saturated heterocycles. The van der Waals surface area contributed by atoms with E-state index in [0.29, 0.717) is 0 Å². The summed E-state index contributed by atoms with van der Waals surface area (Å²) in [6.07, 6.45) is 0. The van der Waals surface area contributed by atoms with Gasteiger partial charge < -0.3 is 10.1 Å². The molecule has 0 aliphatic rings. The number of esters is 1. The lowest BCUT2D eigenvalue weighted by Gasteiger charge is -2.18. The van der Waals surface area contributed by atoms with Crippen molar-refractivity contribution in [2.45, 2.75) is 19.0 Å². The Labute approximate surface area is 88.1 Å². The van der Waals surface area contributed by atoms with Crippen LogP contribution in [0.15, 0.2) is 0 Å². The molecule has 0 aromatic heterocycles. The van der Waals surface area contributed by atoms with E-state index in [1.165, 1.54) is 14.2 Å². The second-order valence-corrected chi connectivity index (χ2v) is 3.04. The first-order chi connectivity index (χ1) is 6.56. The van der Waals surface area contributed by atoms with Gasteiger partial charge in [-0.2, -0.15) is 0 Å². The average Bonchev–Trinajstić information content (AvgIpc) is 2.22. The van der Waals surface area contributed by atoms with Crippen LogP contribution in [0.2, 0.25) is 0 Å². The summed E-state index contributed by atoms with van der Waals surface area (Å²) in [5.41, 5.74) is 0. The van der Waals surface area contributed by atoms with E-state index in [1.807, 2.05) is 0 Å². The number of alkyl halides is 1. The van der Waals surface area contributed by atoms with Crippen LogP contribution in [0.4, 0.5) is 0 Å². The molecule has 0 aliphatic heterocycles. The van der Waals surface area contributed by atoms with Crippen LogP contribution in [-0.2, 0) is 14.3 Å². The Hall–Kier alpha value is -0.810. The lowest BCUT2D eigenvalue weighted by Crippen LogP contribution is -2.50. The third-order valence-corrected chi connectivity index (χ3v) is 2.03. The predicted molar refractivity (Wildman–Crippen MR) is 53.2 cm³/mol. The van der Waals surface area contributed by atoms with E-state index in [1.54, 1.807) is 6.92 Å².